The van der Waals surface area contributed by atoms with Gasteiger partial charge in [-0.15, -0.1) is 0 Å². The maximum Gasteiger partial charge on any atom is 0.265 e. The maximum atomic E-state index is 11.8. The van der Waals surface area contributed by atoms with Crippen molar-refractivity contribution < 1.29 is 13.2 Å². The monoisotopic (exact) mass is 305 g/mol. The Bertz CT molecular complexity index is 511. The van der Waals surface area contributed by atoms with Crippen molar-refractivity contribution in [2.24, 2.45) is 0 Å². The van der Waals surface area contributed by atoms with E-state index in [1.807, 2.05) is 11.6 Å². The summed E-state index contributed by atoms with van der Waals surface area (Å²) in [6.07, 6.45) is 0.128. The number of rotatable bonds is 3. The molecule has 16 heavy (non-hydrogen) atoms. The van der Waals surface area contributed by atoms with E-state index in [4.69, 9.17) is 0 Å². The first-order valence-corrected chi connectivity index (χ1v) is 6.96. The molecule has 0 fully saturated rings. The van der Waals surface area contributed by atoms with E-state index in [9.17, 15) is 13.2 Å². The molecule has 0 bridgehead atoms. The number of carbonyl (C=O) groups is 1. The summed E-state index contributed by atoms with van der Waals surface area (Å²) >= 11 is 3.16. The van der Waals surface area contributed by atoms with Crippen molar-refractivity contribution in [3.05, 3.63) is 28.2 Å². The minimum Gasteiger partial charge on any atom is -0.274 e. The van der Waals surface area contributed by atoms with Crippen molar-refractivity contribution in [2.75, 3.05) is 0 Å². The highest BCUT2D eigenvalue weighted by atomic mass is 79.9. The molecule has 0 saturated carbocycles. The summed E-state index contributed by atoms with van der Waals surface area (Å²) in [5.41, 5.74) is 0.938. The van der Waals surface area contributed by atoms with Crippen molar-refractivity contribution in [2.45, 2.75) is 25.2 Å². The topological polar surface area (TPSA) is 63.2 Å². The van der Waals surface area contributed by atoms with Crippen LogP contribution >= 0.6 is 15.9 Å². The molecule has 0 aliphatic carbocycles. The number of sulfonamides is 1. The van der Waals surface area contributed by atoms with Gasteiger partial charge in [0.1, 0.15) is 4.90 Å². The molecule has 1 N–H and O–H groups in total. The highest BCUT2D eigenvalue weighted by Gasteiger charge is 2.19. The van der Waals surface area contributed by atoms with Crippen LogP contribution in [0, 0.1) is 6.92 Å². The van der Waals surface area contributed by atoms with Crippen LogP contribution in [-0.2, 0) is 14.8 Å². The molecule has 6 heteroatoms. The Kier molecular flexibility index (Phi) is 4.09. The Morgan fingerprint density at radius 2 is 2.06 bits per heavy atom. The van der Waals surface area contributed by atoms with Crippen molar-refractivity contribution in [1.29, 1.82) is 0 Å². The number of hydrogen-bond donors (Lipinski definition) is 1. The average molecular weight is 306 g/mol. The number of aryl methyl sites for hydroxylation is 1. The molecule has 0 aliphatic rings. The summed E-state index contributed by atoms with van der Waals surface area (Å²) in [6.45, 7) is 3.45. The Morgan fingerprint density at radius 3 is 2.56 bits per heavy atom. The molecule has 0 atom stereocenters. The molecular weight excluding hydrogens is 294 g/mol. The van der Waals surface area contributed by atoms with Gasteiger partial charge in [0.05, 0.1) is 0 Å². The summed E-state index contributed by atoms with van der Waals surface area (Å²) in [7, 11) is -3.77. The van der Waals surface area contributed by atoms with Crippen LogP contribution in [0.25, 0.3) is 0 Å². The lowest BCUT2D eigenvalue weighted by molar-refractivity contribution is -0.119. The molecule has 88 valence electrons. The van der Waals surface area contributed by atoms with Gasteiger partial charge in [-0.3, -0.25) is 4.79 Å². The molecule has 0 saturated heterocycles. The molecule has 0 radical (unpaired) electrons. The number of benzene rings is 1. The molecule has 4 nitrogen and oxygen atoms in total. The molecule has 0 heterocycles. The Balaban J connectivity index is 3.13. The van der Waals surface area contributed by atoms with E-state index >= 15 is 0 Å². The number of hydrogen-bond acceptors (Lipinski definition) is 3. The molecule has 0 spiro atoms. The molecule has 0 aromatic heterocycles. The molecule has 1 aromatic carbocycles. The minimum absolute atomic E-state index is 0.0694. The fraction of sp³-hybridized carbons (Fsp3) is 0.300. The summed E-state index contributed by atoms with van der Waals surface area (Å²) < 4.78 is 26.0. The van der Waals surface area contributed by atoms with E-state index < -0.39 is 15.9 Å². The van der Waals surface area contributed by atoms with Crippen molar-refractivity contribution >= 4 is 31.9 Å². The third-order valence-corrected chi connectivity index (χ3v) is 4.30. The molecule has 1 aromatic rings. The normalized spacial score (nSPS) is 11.2. The van der Waals surface area contributed by atoms with Gasteiger partial charge in [0.2, 0.25) is 5.91 Å². The van der Waals surface area contributed by atoms with Crippen LogP contribution in [0.4, 0.5) is 0 Å². The van der Waals surface area contributed by atoms with Crippen LogP contribution in [-0.4, -0.2) is 14.3 Å². The number of carbonyl (C=O) groups excluding carboxylic acids is 1. The summed E-state index contributed by atoms with van der Waals surface area (Å²) in [6, 6.07) is 4.82. The van der Waals surface area contributed by atoms with Gasteiger partial charge in [0.15, 0.2) is 0 Å². The lowest BCUT2D eigenvalue weighted by atomic mass is 10.2. The van der Waals surface area contributed by atoms with E-state index in [2.05, 4.69) is 15.9 Å². The molecule has 0 aliphatic heterocycles. The summed E-state index contributed by atoms with van der Waals surface area (Å²) in [5, 5.41) is 0. The molecular formula is C10H12BrNO3S. The van der Waals surface area contributed by atoms with Gasteiger partial charge >= 0.3 is 0 Å². The van der Waals surface area contributed by atoms with Crippen LogP contribution < -0.4 is 4.72 Å². The molecule has 1 rings (SSSR count). The van der Waals surface area contributed by atoms with Crippen LogP contribution in [0.15, 0.2) is 27.6 Å². The van der Waals surface area contributed by atoms with E-state index in [-0.39, 0.29) is 11.3 Å². The highest BCUT2D eigenvalue weighted by molar-refractivity contribution is 9.10. The first-order chi connectivity index (χ1) is 7.36. The zero-order valence-corrected chi connectivity index (χ0v) is 11.4. The average Bonchev–Trinajstić information content (AvgIpc) is 2.16. The smallest absolute Gasteiger partial charge is 0.265 e. The lowest BCUT2D eigenvalue weighted by Gasteiger charge is -2.08. The second-order valence-electron chi connectivity index (χ2n) is 3.32. The van der Waals surface area contributed by atoms with Gasteiger partial charge in [-0.2, -0.15) is 0 Å². The van der Waals surface area contributed by atoms with Gasteiger partial charge in [0, 0.05) is 10.9 Å². The largest absolute Gasteiger partial charge is 0.274 e. The van der Waals surface area contributed by atoms with Gasteiger partial charge in [-0.25, -0.2) is 13.1 Å². The summed E-state index contributed by atoms with van der Waals surface area (Å²) in [4.78, 5) is 11.1. The summed E-state index contributed by atoms with van der Waals surface area (Å²) in [5.74, 6) is -0.521. The third kappa shape index (κ3) is 3.05. The van der Waals surface area contributed by atoms with Gasteiger partial charge < -0.3 is 0 Å². The van der Waals surface area contributed by atoms with Crippen LogP contribution in [0.3, 0.4) is 0 Å². The standard InChI is InChI=1S/C10H12BrNO3S/c1-3-10(13)12-16(14,15)9-5-4-7(2)6-8(9)11/h4-6H,3H2,1-2H3,(H,12,13). The van der Waals surface area contributed by atoms with Crippen molar-refractivity contribution in [1.82, 2.24) is 4.72 Å². The van der Waals surface area contributed by atoms with E-state index in [1.54, 1.807) is 19.1 Å². The second kappa shape index (κ2) is 4.97. The zero-order valence-electron chi connectivity index (χ0n) is 8.95. The number of amides is 1. The van der Waals surface area contributed by atoms with Crippen LogP contribution in [0.5, 0.6) is 0 Å². The predicted octanol–water partition coefficient (Wildman–Crippen LogP) is 1.97. The molecule has 1 amide bonds. The quantitative estimate of drug-likeness (QED) is 0.928. The highest BCUT2D eigenvalue weighted by Crippen LogP contribution is 2.22. The van der Waals surface area contributed by atoms with Crippen LogP contribution in [0.1, 0.15) is 18.9 Å². The van der Waals surface area contributed by atoms with E-state index in [0.717, 1.165) is 5.56 Å². The van der Waals surface area contributed by atoms with Gasteiger partial charge in [0.25, 0.3) is 10.0 Å². The zero-order chi connectivity index (χ0) is 12.3. The van der Waals surface area contributed by atoms with Crippen molar-refractivity contribution in [3.63, 3.8) is 0 Å². The Hall–Kier alpha value is -0.880. The predicted molar refractivity (Wildman–Crippen MR) is 64.5 cm³/mol. The third-order valence-electron chi connectivity index (χ3n) is 1.95. The Morgan fingerprint density at radius 1 is 1.44 bits per heavy atom. The van der Waals surface area contributed by atoms with Crippen LogP contribution in [0.2, 0.25) is 0 Å². The lowest BCUT2D eigenvalue weighted by Crippen LogP contribution is -2.30. The Labute approximate surface area is 103 Å². The van der Waals surface area contributed by atoms with E-state index in [0.29, 0.717) is 4.47 Å². The molecule has 0 unspecified atom stereocenters. The minimum atomic E-state index is -3.77. The van der Waals surface area contributed by atoms with Crippen molar-refractivity contribution in [3.8, 4) is 0 Å². The first-order valence-electron chi connectivity index (χ1n) is 4.68. The maximum absolute atomic E-state index is 11.8. The SMILES string of the molecule is CCC(=O)NS(=O)(=O)c1ccc(C)cc1Br. The number of nitrogens with one attached hydrogen (secondary N) is 1. The van der Waals surface area contributed by atoms with E-state index in [1.165, 1.54) is 6.07 Å². The van der Waals surface area contributed by atoms with Gasteiger partial charge in [-0.1, -0.05) is 13.0 Å². The second-order valence-corrected chi connectivity index (χ2v) is 5.82. The first kappa shape index (κ1) is 13.2. The van der Waals surface area contributed by atoms with Gasteiger partial charge in [-0.05, 0) is 40.5 Å². The fourth-order valence-corrected chi connectivity index (χ4v) is 3.35. The number of halogens is 1. The fourth-order valence-electron chi connectivity index (χ4n) is 1.10.